The van der Waals surface area contributed by atoms with Crippen molar-refractivity contribution in [2.45, 2.75) is 6.92 Å². The minimum absolute atomic E-state index is 0.0816. The lowest BCUT2D eigenvalue weighted by molar-refractivity contribution is -0.756. The molecular weight excluding hydrogens is 230 g/mol. The fraction of sp³-hybridized carbons (Fsp3) is 0.833. The second-order valence-electron chi connectivity index (χ2n) is 2.04. The van der Waals surface area contributed by atoms with Crippen molar-refractivity contribution in [1.82, 2.24) is 0 Å². The average Bonchev–Trinajstić information content (AvgIpc) is 2.08. The maximum Gasteiger partial charge on any atom is 0.302 e. The molecule has 0 aromatic rings. The maximum absolute atomic E-state index is 10.3. The van der Waals surface area contributed by atoms with Crippen LogP contribution in [0.4, 0.5) is 0 Å². The van der Waals surface area contributed by atoms with E-state index in [-0.39, 0.29) is 12.6 Å². The van der Waals surface area contributed by atoms with E-state index in [0.717, 1.165) is 0 Å². The molecule has 0 saturated heterocycles. The summed E-state index contributed by atoms with van der Waals surface area (Å²) < 4.78 is 4.67. The van der Waals surface area contributed by atoms with Gasteiger partial charge in [0.1, 0.15) is 13.2 Å². The Morgan fingerprint density at radius 3 is 2.43 bits per heavy atom. The SMILES string of the molecule is CC(=O)OCCSSCCO[N+](=O)[O-]. The lowest BCUT2D eigenvalue weighted by Crippen LogP contribution is -2.04. The zero-order chi connectivity index (χ0) is 10.8. The average molecular weight is 241 g/mol. The predicted molar refractivity (Wildman–Crippen MR) is 54.5 cm³/mol. The highest BCUT2D eigenvalue weighted by molar-refractivity contribution is 8.76. The van der Waals surface area contributed by atoms with Crippen molar-refractivity contribution in [1.29, 1.82) is 0 Å². The second kappa shape index (κ2) is 8.95. The van der Waals surface area contributed by atoms with Gasteiger partial charge in [-0.3, -0.25) is 4.79 Å². The first-order valence-corrected chi connectivity index (χ1v) is 6.27. The number of ether oxygens (including phenoxy) is 1. The molecule has 0 spiro atoms. The molecule has 0 heterocycles. The molecule has 0 radical (unpaired) electrons. The highest BCUT2D eigenvalue weighted by Crippen LogP contribution is 2.20. The predicted octanol–water partition coefficient (Wildman–Crippen LogP) is 1.14. The van der Waals surface area contributed by atoms with Crippen molar-refractivity contribution < 1.29 is 19.5 Å². The van der Waals surface area contributed by atoms with E-state index < -0.39 is 5.09 Å². The first kappa shape index (κ1) is 13.4. The van der Waals surface area contributed by atoms with Gasteiger partial charge in [0.15, 0.2) is 0 Å². The van der Waals surface area contributed by atoms with Gasteiger partial charge in [0.25, 0.3) is 5.09 Å². The molecule has 82 valence electrons. The van der Waals surface area contributed by atoms with Crippen LogP contribution in [0, 0.1) is 10.1 Å². The van der Waals surface area contributed by atoms with Gasteiger partial charge in [-0.15, -0.1) is 10.1 Å². The van der Waals surface area contributed by atoms with Crippen LogP contribution < -0.4 is 0 Å². The summed E-state index contributed by atoms with van der Waals surface area (Å²) in [6.45, 7) is 1.80. The van der Waals surface area contributed by atoms with E-state index in [0.29, 0.717) is 18.1 Å². The summed E-state index contributed by atoms with van der Waals surface area (Å²) in [6.07, 6.45) is 0. The molecule has 0 aromatic heterocycles. The largest absolute Gasteiger partial charge is 0.465 e. The molecule has 0 unspecified atom stereocenters. The van der Waals surface area contributed by atoms with Crippen molar-refractivity contribution in [2.75, 3.05) is 24.7 Å². The topological polar surface area (TPSA) is 78.7 Å². The van der Waals surface area contributed by atoms with Crippen LogP contribution in [0.2, 0.25) is 0 Å². The van der Waals surface area contributed by atoms with Gasteiger partial charge in [-0.1, -0.05) is 21.6 Å². The van der Waals surface area contributed by atoms with Crippen LogP contribution in [0.25, 0.3) is 0 Å². The third-order valence-electron chi connectivity index (χ3n) is 0.919. The van der Waals surface area contributed by atoms with Crippen molar-refractivity contribution in [2.24, 2.45) is 0 Å². The number of hydrogen-bond acceptors (Lipinski definition) is 7. The molecule has 0 amide bonds. The molecule has 0 bridgehead atoms. The zero-order valence-corrected chi connectivity index (χ0v) is 9.27. The van der Waals surface area contributed by atoms with E-state index in [1.165, 1.54) is 28.5 Å². The van der Waals surface area contributed by atoms with Gasteiger partial charge in [-0.2, -0.15) is 0 Å². The third-order valence-corrected chi connectivity index (χ3v) is 3.25. The van der Waals surface area contributed by atoms with Crippen LogP contribution >= 0.6 is 21.6 Å². The zero-order valence-electron chi connectivity index (χ0n) is 7.63. The summed E-state index contributed by atoms with van der Waals surface area (Å²) in [4.78, 5) is 24.1. The van der Waals surface area contributed by atoms with Gasteiger partial charge < -0.3 is 9.57 Å². The number of nitrogens with zero attached hydrogens (tertiary/aromatic N) is 1. The summed E-state index contributed by atoms with van der Waals surface area (Å²) in [7, 11) is 2.93. The van der Waals surface area contributed by atoms with Crippen LogP contribution in [0.3, 0.4) is 0 Å². The first-order valence-electron chi connectivity index (χ1n) is 3.78. The van der Waals surface area contributed by atoms with Crippen LogP contribution in [0.1, 0.15) is 6.92 Å². The number of carbonyl (C=O) groups excluding carboxylic acids is 1. The molecule has 0 rings (SSSR count). The van der Waals surface area contributed by atoms with Gasteiger partial charge in [0, 0.05) is 18.4 Å². The number of hydrogen-bond donors (Lipinski definition) is 0. The van der Waals surface area contributed by atoms with Crippen LogP contribution in [-0.2, 0) is 14.4 Å². The third kappa shape index (κ3) is 11.4. The molecule has 0 N–H and O–H groups in total. The minimum atomic E-state index is -0.815. The summed E-state index contributed by atoms with van der Waals surface area (Å²) >= 11 is 0. The molecule has 0 aliphatic heterocycles. The van der Waals surface area contributed by atoms with Crippen molar-refractivity contribution in [3.05, 3.63) is 10.1 Å². The standard InChI is InChI=1S/C6H11NO5S2/c1-6(8)11-2-4-13-14-5-3-12-7(9)10/h2-5H2,1H3. The highest BCUT2D eigenvalue weighted by Gasteiger charge is 1.96. The Kier molecular flexibility index (Phi) is 8.54. The Labute approximate surface area is 89.2 Å². The Balaban J connectivity index is 2.99. The molecule has 0 fully saturated rings. The molecule has 0 aromatic carbocycles. The smallest absolute Gasteiger partial charge is 0.302 e. The Bertz CT molecular complexity index is 169. The van der Waals surface area contributed by atoms with E-state index in [4.69, 9.17) is 0 Å². The quantitative estimate of drug-likeness (QED) is 0.207. The monoisotopic (exact) mass is 241 g/mol. The molecule has 0 aliphatic rings. The number of rotatable bonds is 8. The Morgan fingerprint density at radius 2 is 1.93 bits per heavy atom. The molecule has 0 atom stereocenters. The molecule has 0 saturated carbocycles. The summed E-state index contributed by atoms with van der Waals surface area (Å²) in [5.41, 5.74) is 0. The fourth-order valence-electron chi connectivity index (χ4n) is 0.483. The molecule has 8 heteroatoms. The molecular formula is C6H11NO5S2. The van der Waals surface area contributed by atoms with E-state index in [1.807, 2.05) is 0 Å². The molecule has 0 aliphatic carbocycles. The van der Waals surface area contributed by atoms with Crippen LogP contribution in [0.5, 0.6) is 0 Å². The Hall–Kier alpha value is -0.630. The van der Waals surface area contributed by atoms with Gasteiger partial charge >= 0.3 is 5.97 Å². The normalized spacial score (nSPS) is 9.50. The molecule has 14 heavy (non-hydrogen) atoms. The number of carbonyl (C=O) groups is 1. The lowest BCUT2D eigenvalue weighted by atomic mass is 10.8. The maximum atomic E-state index is 10.3. The van der Waals surface area contributed by atoms with Crippen molar-refractivity contribution >= 4 is 27.6 Å². The van der Waals surface area contributed by atoms with Gasteiger partial charge in [0.05, 0.1) is 0 Å². The van der Waals surface area contributed by atoms with Crippen LogP contribution in [0.15, 0.2) is 0 Å². The summed E-state index contributed by atoms with van der Waals surface area (Å²) in [6, 6.07) is 0. The minimum Gasteiger partial charge on any atom is -0.465 e. The van der Waals surface area contributed by atoms with E-state index in [9.17, 15) is 14.9 Å². The number of esters is 1. The van der Waals surface area contributed by atoms with Crippen molar-refractivity contribution in [3.8, 4) is 0 Å². The van der Waals surface area contributed by atoms with Gasteiger partial charge in [-0.25, -0.2) is 0 Å². The fourth-order valence-corrected chi connectivity index (χ4v) is 2.13. The van der Waals surface area contributed by atoms with E-state index in [2.05, 4.69) is 9.57 Å². The van der Waals surface area contributed by atoms with Gasteiger partial charge in [-0.05, 0) is 0 Å². The molecule has 6 nitrogen and oxygen atoms in total. The van der Waals surface area contributed by atoms with E-state index in [1.54, 1.807) is 0 Å². The second-order valence-corrected chi connectivity index (χ2v) is 4.74. The van der Waals surface area contributed by atoms with Crippen molar-refractivity contribution in [3.63, 3.8) is 0 Å². The van der Waals surface area contributed by atoms with Crippen LogP contribution in [-0.4, -0.2) is 35.8 Å². The summed E-state index contributed by atoms with van der Waals surface area (Å²) in [5.74, 6) is 0.904. The summed E-state index contributed by atoms with van der Waals surface area (Å²) in [5, 5.41) is 8.90. The van der Waals surface area contributed by atoms with E-state index >= 15 is 0 Å². The highest BCUT2D eigenvalue weighted by atomic mass is 33.1. The Morgan fingerprint density at radius 1 is 1.36 bits per heavy atom. The first-order chi connectivity index (χ1) is 6.63. The lowest BCUT2D eigenvalue weighted by Gasteiger charge is -2.01. The van der Waals surface area contributed by atoms with Gasteiger partial charge in [0.2, 0.25) is 0 Å².